The summed E-state index contributed by atoms with van der Waals surface area (Å²) in [5.74, 6) is 0. The zero-order chi connectivity index (χ0) is 11.0. The zero-order valence-electron chi connectivity index (χ0n) is 9.48. The predicted octanol–water partition coefficient (Wildman–Crippen LogP) is 3.00. The molecule has 1 aromatic carbocycles. The third-order valence-corrected chi connectivity index (χ3v) is 3.21. The van der Waals surface area contributed by atoms with Crippen LogP contribution in [0.25, 0.3) is 0 Å². The number of benzene rings is 1. The van der Waals surface area contributed by atoms with Gasteiger partial charge < -0.3 is 10.2 Å². The van der Waals surface area contributed by atoms with E-state index in [0.717, 1.165) is 12.8 Å². The first-order chi connectivity index (χ1) is 7.86. The summed E-state index contributed by atoms with van der Waals surface area (Å²) in [6, 6.07) is 10.6. The third kappa shape index (κ3) is 1.42. The molecule has 2 nitrogen and oxygen atoms in total. The van der Waals surface area contributed by atoms with Gasteiger partial charge in [-0.25, -0.2) is 0 Å². The number of hydrogen-bond donors (Lipinski definition) is 1. The summed E-state index contributed by atoms with van der Waals surface area (Å²) >= 11 is 0. The van der Waals surface area contributed by atoms with Crippen molar-refractivity contribution in [2.45, 2.75) is 25.9 Å². The van der Waals surface area contributed by atoms with Gasteiger partial charge in [-0.3, -0.25) is 0 Å². The number of para-hydroxylation sites is 1. The topological polar surface area (TPSA) is 15.3 Å². The zero-order valence-corrected chi connectivity index (χ0v) is 9.48. The van der Waals surface area contributed by atoms with E-state index in [4.69, 9.17) is 0 Å². The number of nitrogens with zero attached hydrogens (tertiary/aromatic N) is 1. The van der Waals surface area contributed by atoms with Crippen LogP contribution in [0.2, 0.25) is 0 Å². The molecule has 1 aromatic rings. The highest BCUT2D eigenvalue weighted by Crippen LogP contribution is 2.32. The molecule has 1 aliphatic heterocycles. The fourth-order valence-electron chi connectivity index (χ4n) is 2.50. The first-order valence-electron chi connectivity index (χ1n) is 5.87. The fraction of sp³-hybridized carbons (Fsp3) is 0.286. The van der Waals surface area contributed by atoms with Gasteiger partial charge in [-0.2, -0.15) is 0 Å². The van der Waals surface area contributed by atoms with Crippen molar-refractivity contribution in [1.29, 1.82) is 0 Å². The molecule has 2 heteroatoms. The van der Waals surface area contributed by atoms with E-state index in [1.54, 1.807) is 0 Å². The summed E-state index contributed by atoms with van der Waals surface area (Å²) in [5, 5.41) is 3.56. The van der Waals surface area contributed by atoms with Gasteiger partial charge in [-0.1, -0.05) is 24.3 Å². The van der Waals surface area contributed by atoms with Gasteiger partial charge in [0.1, 0.15) is 6.17 Å². The predicted molar refractivity (Wildman–Crippen MR) is 66.9 cm³/mol. The first-order valence-corrected chi connectivity index (χ1v) is 5.87. The number of hydrogen-bond acceptors (Lipinski definition) is 2. The smallest absolute Gasteiger partial charge is 0.101 e. The molecule has 16 heavy (non-hydrogen) atoms. The summed E-state index contributed by atoms with van der Waals surface area (Å²) in [5.41, 5.74) is 3.99. The number of nitrogens with one attached hydrogen (secondary N) is 1. The van der Waals surface area contributed by atoms with Crippen LogP contribution in [0, 0.1) is 0 Å². The molecule has 0 radical (unpaired) electrons. The average molecular weight is 212 g/mol. The van der Waals surface area contributed by atoms with Gasteiger partial charge >= 0.3 is 0 Å². The van der Waals surface area contributed by atoms with Crippen molar-refractivity contribution in [1.82, 2.24) is 5.32 Å². The van der Waals surface area contributed by atoms with Crippen LogP contribution in [0.5, 0.6) is 0 Å². The van der Waals surface area contributed by atoms with Gasteiger partial charge in [0, 0.05) is 11.4 Å². The van der Waals surface area contributed by atoms with Crippen LogP contribution in [0.3, 0.4) is 0 Å². The average Bonchev–Trinajstić information content (AvgIpc) is 2.66. The van der Waals surface area contributed by atoms with Gasteiger partial charge in [0.2, 0.25) is 0 Å². The van der Waals surface area contributed by atoms with E-state index in [-0.39, 0.29) is 0 Å². The van der Waals surface area contributed by atoms with Crippen LogP contribution in [0.1, 0.15) is 19.8 Å². The van der Waals surface area contributed by atoms with Crippen LogP contribution in [0.15, 0.2) is 53.9 Å². The van der Waals surface area contributed by atoms with E-state index in [9.17, 15) is 0 Å². The van der Waals surface area contributed by atoms with E-state index in [2.05, 4.69) is 59.6 Å². The Morgan fingerprint density at radius 2 is 2.06 bits per heavy atom. The molecule has 1 heterocycles. The molecule has 0 bridgehead atoms. The van der Waals surface area contributed by atoms with Crippen LogP contribution in [0.4, 0.5) is 5.69 Å². The van der Waals surface area contributed by atoms with Gasteiger partial charge in [0.15, 0.2) is 0 Å². The second-order valence-corrected chi connectivity index (χ2v) is 4.33. The quantitative estimate of drug-likeness (QED) is 0.769. The van der Waals surface area contributed by atoms with Crippen molar-refractivity contribution in [3.05, 3.63) is 53.9 Å². The fourth-order valence-corrected chi connectivity index (χ4v) is 2.50. The molecule has 82 valence electrons. The normalized spacial score (nSPS) is 23.3. The maximum absolute atomic E-state index is 3.56. The van der Waals surface area contributed by atoms with Gasteiger partial charge in [0.25, 0.3) is 0 Å². The van der Waals surface area contributed by atoms with Crippen molar-refractivity contribution in [3.63, 3.8) is 0 Å². The van der Waals surface area contributed by atoms with Crippen molar-refractivity contribution in [2.24, 2.45) is 0 Å². The molecule has 1 atom stereocenters. The van der Waals surface area contributed by atoms with Gasteiger partial charge in [-0.15, -0.1) is 0 Å². The number of rotatable bonds is 1. The maximum atomic E-state index is 3.56. The molecule has 0 spiro atoms. The number of allylic oxidation sites excluding steroid dienone is 3. The summed E-state index contributed by atoms with van der Waals surface area (Å²) in [6.07, 6.45) is 7.15. The van der Waals surface area contributed by atoms with E-state index in [1.807, 2.05) is 0 Å². The van der Waals surface area contributed by atoms with Crippen molar-refractivity contribution in [3.8, 4) is 0 Å². The first kappa shape index (κ1) is 9.52. The Hall–Kier alpha value is -1.70. The second kappa shape index (κ2) is 3.71. The molecule has 3 rings (SSSR count). The Morgan fingerprint density at radius 3 is 2.88 bits per heavy atom. The van der Waals surface area contributed by atoms with E-state index in [1.165, 1.54) is 17.1 Å². The Morgan fingerprint density at radius 1 is 1.25 bits per heavy atom. The highest BCUT2D eigenvalue weighted by atomic mass is 15.3. The minimum atomic E-state index is 0.357. The number of anilines is 1. The Kier molecular flexibility index (Phi) is 2.21. The summed E-state index contributed by atoms with van der Waals surface area (Å²) < 4.78 is 0. The van der Waals surface area contributed by atoms with Crippen LogP contribution < -0.4 is 10.2 Å². The minimum absolute atomic E-state index is 0.357. The standard InChI is InChI=1S/C14H16N2/c1-11-15-13-9-5-6-10-14(13)16(11)12-7-3-2-4-8-12/h2-4,6-8,10-11,15H,5,9H2,1H3. The van der Waals surface area contributed by atoms with Crippen molar-refractivity contribution >= 4 is 5.69 Å². The van der Waals surface area contributed by atoms with Crippen LogP contribution in [-0.4, -0.2) is 6.17 Å². The molecule has 0 amide bonds. The lowest BCUT2D eigenvalue weighted by atomic mass is 10.1. The molecule has 0 saturated heterocycles. The maximum Gasteiger partial charge on any atom is 0.101 e. The highest BCUT2D eigenvalue weighted by molar-refractivity contribution is 5.59. The van der Waals surface area contributed by atoms with Crippen LogP contribution >= 0.6 is 0 Å². The molecule has 0 saturated carbocycles. The van der Waals surface area contributed by atoms with Crippen molar-refractivity contribution < 1.29 is 0 Å². The molecular weight excluding hydrogens is 196 g/mol. The SMILES string of the molecule is CC1NC2=C(C=CCC2)N1c1ccccc1. The Bertz CT molecular complexity index is 445. The summed E-state index contributed by atoms with van der Waals surface area (Å²) in [4.78, 5) is 2.37. The summed E-state index contributed by atoms with van der Waals surface area (Å²) in [6.45, 7) is 2.21. The van der Waals surface area contributed by atoms with Gasteiger partial charge in [0.05, 0.1) is 5.70 Å². The molecular formula is C14H16N2. The minimum Gasteiger partial charge on any atom is -0.367 e. The molecule has 1 unspecified atom stereocenters. The Balaban J connectivity index is 2.01. The van der Waals surface area contributed by atoms with E-state index >= 15 is 0 Å². The van der Waals surface area contributed by atoms with E-state index < -0.39 is 0 Å². The Labute approximate surface area is 96.3 Å². The molecule has 0 fully saturated rings. The highest BCUT2D eigenvalue weighted by Gasteiger charge is 2.28. The lowest BCUT2D eigenvalue weighted by Crippen LogP contribution is -2.34. The van der Waals surface area contributed by atoms with Gasteiger partial charge in [-0.05, 0) is 38.0 Å². The summed E-state index contributed by atoms with van der Waals surface area (Å²) in [7, 11) is 0. The molecule has 0 aromatic heterocycles. The van der Waals surface area contributed by atoms with Crippen molar-refractivity contribution in [2.75, 3.05) is 4.90 Å². The largest absolute Gasteiger partial charge is 0.367 e. The monoisotopic (exact) mass is 212 g/mol. The molecule has 1 aliphatic carbocycles. The molecule has 1 N–H and O–H groups in total. The lowest BCUT2D eigenvalue weighted by Gasteiger charge is -2.25. The second-order valence-electron chi connectivity index (χ2n) is 4.33. The van der Waals surface area contributed by atoms with Crippen LogP contribution in [-0.2, 0) is 0 Å². The lowest BCUT2D eigenvalue weighted by molar-refractivity contribution is 0.650. The molecule has 2 aliphatic rings. The third-order valence-electron chi connectivity index (χ3n) is 3.21. The van der Waals surface area contributed by atoms with E-state index in [0.29, 0.717) is 6.17 Å².